The van der Waals surface area contributed by atoms with E-state index in [2.05, 4.69) is 0 Å². The van der Waals surface area contributed by atoms with Crippen LogP contribution in [0.1, 0.15) is 48.7 Å². The first kappa shape index (κ1) is 25.9. The first-order valence-electron chi connectivity index (χ1n) is 12.3. The summed E-state index contributed by atoms with van der Waals surface area (Å²) in [5, 5.41) is 12.2. The van der Waals surface area contributed by atoms with Gasteiger partial charge in [0.15, 0.2) is 11.5 Å². The first-order valence-corrected chi connectivity index (χ1v) is 12.3. The van der Waals surface area contributed by atoms with Crippen LogP contribution in [0, 0.1) is 17.0 Å². The molecule has 11 nitrogen and oxygen atoms in total. The monoisotopic (exact) mass is 510 g/mol. The molecule has 1 saturated heterocycles. The Morgan fingerprint density at radius 1 is 1.05 bits per heavy atom. The number of hydrogen-bond donors (Lipinski definition) is 0. The third-order valence-electron chi connectivity index (χ3n) is 6.66. The van der Waals surface area contributed by atoms with Crippen LogP contribution in [-0.4, -0.2) is 51.2 Å². The van der Waals surface area contributed by atoms with Crippen LogP contribution in [-0.2, 0) is 7.05 Å². The van der Waals surface area contributed by atoms with Crippen molar-refractivity contribution in [2.45, 2.75) is 39.7 Å². The Kier molecular flexibility index (Phi) is 7.33. The number of ether oxygens (including phenoxy) is 2. The summed E-state index contributed by atoms with van der Waals surface area (Å²) in [6.45, 7) is 6.45. The van der Waals surface area contributed by atoms with Gasteiger partial charge in [0, 0.05) is 32.2 Å². The number of nitrogens with zero attached hydrogens (tertiary/aromatic N) is 4. The molecule has 2 heterocycles. The van der Waals surface area contributed by atoms with E-state index < -0.39 is 22.6 Å². The van der Waals surface area contributed by atoms with Crippen LogP contribution in [0.4, 0.5) is 5.69 Å². The largest absolute Gasteiger partial charge is 0.490 e. The Morgan fingerprint density at radius 2 is 1.68 bits per heavy atom. The second-order valence-electron chi connectivity index (χ2n) is 9.00. The van der Waals surface area contributed by atoms with Crippen molar-refractivity contribution < 1.29 is 19.2 Å². The molecule has 0 radical (unpaired) electrons. The molecule has 1 fully saturated rings. The summed E-state index contributed by atoms with van der Waals surface area (Å²) in [6, 6.07) is 7.57. The predicted octanol–water partition coefficient (Wildman–Crippen LogP) is 3.19. The number of hydrogen-bond acceptors (Lipinski definition) is 7. The molecule has 4 rings (SSSR count). The van der Waals surface area contributed by atoms with Gasteiger partial charge in [0.2, 0.25) is 0 Å². The number of piperidine rings is 1. The van der Waals surface area contributed by atoms with Crippen molar-refractivity contribution in [3.05, 3.63) is 72.4 Å². The summed E-state index contributed by atoms with van der Waals surface area (Å²) in [5.74, 6) is -0.0497. The van der Waals surface area contributed by atoms with Crippen LogP contribution in [0.25, 0.3) is 10.9 Å². The number of fused-ring (bicyclic) bond motifs is 1. The molecule has 0 bridgehead atoms. The van der Waals surface area contributed by atoms with Gasteiger partial charge in [0.1, 0.15) is 5.56 Å². The molecule has 0 saturated carbocycles. The lowest BCUT2D eigenvalue weighted by Gasteiger charge is -2.32. The Bertz CT molecular complexity index is 1480. The van der Waals surface area contributed by atoms with Crippen molar-refractivity contribution in [2.75, 3.05) is 26.3 Å². The molecule has 11 heteroatoms. The summed E-state index contributed by atoms with van der Waals surface area (Å²) >= 11 is 0. The highest BCUT2D eigenvalue weighted by Gasteiger charge is 2.32. The SMILES string of the molecule is CCOc1cc(C(=O)N2CCC(n3c(=O)c4cc(C)ccc4n(C)c3=O)CC2)c([N+](=O)[O-])cc1OCC. The van der Waals surface area contributed by atoms with Crippen molar-refractivity contribution >= 4 is 22.5 Å². The standard InChI is InChI=1S/C26H30N4O7/c1-5-36-22-14-19(21(30(34)35)15-23(22)37-6-2)24(31)28-11-9-17(10-12-28)29-25(32)18-13-16(3)7-8-20(18)27(4)26(29)33/h7-8,13-15,17H,5-6,9-12H2,1-4H3. The van der Waals surface area contributed by atoms with E-state index in [4.69, 9.17) is 9.47 Å². The van der Waals surface area contributed by atoms with Crippen molar-refractivity contribution in [2.24, 2.45) is 7.05 Å². The number of rotatable bonds is 7. The molecule has 1 aromatic heterocycles. The summed E-state index contributed by atoms with van der Waals surface area (Å²) in [5.41, 5.74) is 0.263. The number of carbonyl (C=O) groups is 1. The van der Waals surface area contributed by atoms with Gasteiger partial charge in [-0.3, -0.25) is 28.8 Å². The molecule has 1 amide bonds. The number of benzene rings is 2. The van der Waals surface area contributed by atoms with Crippen LogP contribution in [0.2, 0.25) is 0 Å². The normalized spacial score (nSPS) is 14.1. The maximum absolute atomic E-state index is 13.4. The molecular weight excluding hydrogens is 480 g/mol. The van der Waals surface area contributed by atoms with E-state index in [0.717, 1.165) is 5.56 Å². The average molecular weight is 511 g/mol. The summed E-state index contributed by atoms with van der Waals surface area (Å²) in [4.78, 5) is 52.4. The van der Waals surface area contributed by atoms with E-state index in [1.54, 1.807) is 33.0 Å². The number of aryl methyl sites for hydroxylation is 2. The lowest BCUT2D eigenvalue weighted by atomic mass is 10.0. The van der Waals surface area contributed by atoms with Gasteiger partial charge < -0.3 is 14.4 Å². The highest BCUT2D eigenvalue weighted by atomic mass is 16.6. The molecule has 0 spiro atoms. The number of nitro benzene ring substituents is 1. The molecule has 0 aliphatic carbocycles. The van der Waals surface area contributed by atoms with Gasteiger partial charge in [-0.15, -0.1) is 0 Å². The van der Waals surface area contributed by atoms with E-state index in [0.29, 0.717) is 30.4 Å². The minimum atomic E-state index is -0.613. The fourth-order valence-corrected chi connectivity index (χ4v) is 4.82. The van der Waals surface area contributed by atoms with Crippen LogP contribution in [0.3, 0.4) is 0 Å². The van der Waals surface area contributed by atoms with E-state index in [1.807, 2.05) is 13.0 Å². The molecule has 1 aliphatic rings. The zero-order valence-corrected chi connectivity index (χ0v) is 21.4. The summed E-state index contributed by atoms with van der Waals surface area (Å²) in [7, 11) is 1.63. The minimum Gasteiger partial charge on any atom is -0.490 e. The van der Waals surface area contributed by atoms with Gasteiger partial charge in [0.25, 0.3) is 17.2 Å². The maximum atomic E-state index is 13.4. The van der Waals surface area contributed by atoms with Crippen molar-refractivity contribution in [1.29, 1.82) is 0 Å². The minimum absolute atomic E-state index is 0.0929. The lowest BCUT2D eigenvalue weighted by Crippen LogP contribution is -2.46. The topological polar surface area (TPSA) is 126 Å². The number of amides is 1. The van der Waals surface area contributed by atoms with E-state index in [9.17, 15) is 24.5 Å². The molecule has 0 N–H and O–H groups in total. The van der Waals surface area contributed by atoms with E-state index in [-0.39, 0.29) is 48.0 Å². The Morgan fingerprint density at radius 3 is 2.27 bits per heavy atom. The number of likely N-dealkylation sites (tertiary alicyclic amines) is 1. The Balaban J connectivity index is 1.63. The van der Waals surface area contributed by atoms with E-state index >= 15 is 0 Å². The van der Waals surface area contributed by atoms with Gasteiger partial charge in [0.05, 0.1) is 35.1 Å². The van der Waals surface area contributed by atoms with Crippen molar-refractivity contribution in [3.8, 4) is 11.5 Å². The first-order chi connectivity index (χ1) is 17.7. The molecular formula is C26H30N4O7. The maximum Gasteiger partial charge on any atom is 0.331 e. The second-order valence-corrected chi connectivity index (χ2v) is 9.00. The molecule has 1 aliphatic heterocycles. The quantitative estimate of drug-likeness (QED) is 0.353. The third-order valence-corrected chi connectivity index (χ3v) is 6.66. The molecule has 0 atom stereocenters. The van der Waals surface area contributed by atoms with Gasteiger partial charge in [-0.1, -0.05) is 11.6 Å². The van der Waals surface area contributed by atoms with Crippen molar-refractivity contribution in [3.63, 3.8) is 0 Å². The predicted molar refractivity (Wildman–Crippen MR) is 138 cm³/mol. The summed E-state index contributed by atoms with van der Waals surface area (Å²) < 4.78 is 13.8. The van der Waals surface area contributed by atoms with Crippen molar-refractivity contribution in [1.82, 2.24) is 14.0 Å². The molecule has 196 valence electrons. The molecule has 37 heavy (non-hydrogen) atoms. The summed E-state index contributed by atoms with van der Waals surface area (Å²) in [6.07, 6.45) is 0.725. The Labute approximate surface area is 213 Å². The average Bonchev–Trinajstić information content (AvgIpc) is 2.88. The zero-order chi connectivity index (χ0) is 26.9. The molecule has 0 unspecified atom stereocenters. The molecule has 2 aromatic carbocycles. The van der Waals surface area contributed by atoms with Gasteiger partial charge in [-0.25, -0.2) is 4.79 Å². The fraction of sp³-hybridized carbons (Fsp3) is 0.423. The fourth-order valence-electron chi connectivity index (χ4n) is 4.82. The van der Waals surface area contributed by atoms with Crippen LogP contribution >= 0.6 is 0 Å². The van der Waals surface area contributed by atoms with Gasteiger partial charge >= 0.3 is 5.69 Å². The number of carbonyl (C=O) groups excluding carboxylic acids is 1. The molecule has 3 aromatic rings. The van der Waals surface area contributed by atoms with E-state index in [1.165, 1.54) is 26.2 Å². The van der Waals surface area contributed by atoms with Gasteiger partial charge in [-0.2, -0.15) is 0 Å². The number of nitro groups is 1. The lowest BCUT2D eigenvalue weighted by molar-refractivity contribution is -0.385. The van der Waals surface area contributed by atoms with Crippen LogP contribution < -0.4 is 20.7 Å². The van der Waals surface area contributed by atoms with Gasteiger partial charge in [-0.05, 0) is 45.7 Å². The smallest absolute Gasteiger partial charge is 0.331 e. The zero-order valence-electron chi connectivity index (χ0n) is 21.4. The second kappa shape index (κ2) is 10.5. The Hall–Kier alpha value is -4.15. The number of aromatic nitrogens is 2. The van der Waals surface area contributed by atoms with Crippen LogP contribution in [0.5, 0.6) is 11.5 Å². The third kappa shape index (κ3) is 4.81. The van der Waals surface area contributed by atoms with Crippen LogP contribution in [0.15, 0.2) is 39.9 Å². The highest BCUT2D eigenvalue weighted by molar-refractivity contribution is 5.99. The highest BCUT2D eigenvalue weighted by Crippen LogP contribution is 2.36.